The van der Waals surface area contributed by atoms with Crippen LogP contribution in [-0.4, -0.2) is 69.4 Å². The highest BCUT2D eigenvalue weighted by atomic mass is 16.4. The predicted molar refractivity (Wildman–Crippen MR) is 81.1 cm³/mol. The van der Waals surface area contributed by atoms with Crippen molar-refractivity contribution in [1.82, 2.24) is 14.9 Å². The first-order valence-corrected chi connectivity index (χ1v) is 7.81. The quantitative estimate of drug-likeness (QED) is 0.842. The molecule has 0 atom stereocenters. The number of aliphatic hydroxyl groups is 1. The fraction of sp³-hybridized carbons (Fsp3) is 0.667. The maximum atomic E-state index is 11.2. The van der Waals surface area contributed by atoms with Gasteiger partial charge in [-0.2, -0.15) is 0 Å². The second-order valence-electron chi connectivity index (χ2n) is 6.23. The molecule has 2 N–H and O–H groups in total. The number of nitrogens with zero attached hydrogens (tertiary/aromatic N) is 4. The van der Waals surface area contributed by atoms with Crippen molar-refractivity contribution >= 4 is 11.8 Å². The summed E-state index contributed by atoms with van der Waals surface area (Å²) in [5.74, 6) is -0.667. The monoisotopic (exact) mass is 306 g/mol. The summed E-state index contributed by atoms with van der Waals surface area (Å²) >= 11 is 0. The standard InChI is InChI=1S/C15H22N4O3/c20-14(21)12-13(17-6-5-16-12)19-9-3-15(22,4-10-19)11-18-7-1-2-8-18/h5-6,22H,1-4,7-11H2,(H,20,21). The molecular formula is C15H22N4O3. The van der Waals surface area contributed by atoms with Crippen LogP contribution >= 0.6 is 0 Å². The molecule has 2 aliphatic heterocycles. The first-order valence-electron chi connectivity index (χ1n) is 7.81. The molecule has 2 aliphatic rings. The molecule has 0 unspecified atom stereocenters. The van der Waals surface area contributed by atoms with Gasteiger partial charge < -0.3 is 20.0 Å². The molecule has 0 amide bonds. The number of anilines is 1. The van der Waals surface area contributed by atoms with Crippen LogP contribution in [-0.2, 0) is 0 Å². The topological polar surface area (TPSA) is 89.8 Å². The van der Waals surface area contributed by atoms with Gasteiger partial charge in [0.15, 0.2) is 11.5 Å². The van der Waals surface area contributed by atoms with Crippen molar-refractivity contribution in [3.63, 3.8) is 0 Å². The van der Waals surface area contributed by atoms with Gasteiger partial charge in [0.25, 0.3) is 0 Å². The van der Waals surface area contributed by atoms with Gasteiger partial charge in [0.05, 0.1) is 5.60 Å². The molecule has 22 heavy (non-hydrogen) atoms. The van der Waals surface area contributed by atoms with Crippen molar-refractivity contribution in [2.75, 3.05) is 37.6 Å². The van der Waals surface area contributed by atoms with E-state index in [-0.39, 0.29) is 5.69 Å². The van der Waals surface area contributed by atoms with Crippen LogP contribution in [0.5, 0.6) is 0 Å². The number of carboxylic acids is 1. The third-order valence-electron chi connectivity index (χ3n) is 4.59. The zero-order chi connectivity index (χ0) is 15.6. The minimum atomic E-state index is -1.07. The summed E-state index contributed by atoms with van der Waals surface area (Å²) in [6, 6.07) is 0. The van der Waals surface area contributed by atoms with Crippen LogP contribution in [0.1, 0.15) is 36.2 Å². The van der Waals surface area contributed by atoms with Crippen LogP contribution in [0.25, 0.3) is 0 Å². The number of rotatable bonds is 4. The molecule has 2 fully saturated rings. The van der Waals surface area contributed by atoms with Crippen LogP contribution in [0, 0.1) is 0 Å². The van der Waals surface area contributed by atoms with E-state index < -0.39 is 11.6 Å². The van der Waals surface area contributed by atoms with Crippen molar-refractivity contribution < 1.29 is 15.0 Å². The molecule has 0 aliphatic carbocycles. The van der Waals surface area contributed by atoms with E-state index in [1.165, 1.54) is 25.2 Å². The van der Waals surface area contributed by atoms with Crippen LogP contribution in [0.4, 0.5) is 5.82 Å². The molecule has 0 aromatic carbocycles. The van der Waals surface area contributed by atoms with Gasteiger partial charge in [-0.05, 0) is 38.8 Å². The van der Waals surface area contributed by atoms with Crippen LogP contribution in [0.3, 0.4) is 0 Å². The Kier molecular flexibility index (Phi) is 4.26. The average molecular weight is 306 g/mol. The molecule has 120 valence electrons. The fourth-order valence-corrected chi connectivity index (χ4v) is 3.36. The first kappa shape index (κ1) is 15.2. The van der Waals surface area contributed by atoms with E-state index in [4.69, 9.17) is 0 Å². The van der Waals surface area contributed by atoms with Gasteiger partial charge in [0.1, 0.15) is 0 Å². The lowest BCUT2D eigenvalue weighted by Crippen LogP contribution is -2.51. The Balaban J connectivity index is 1.65. The zero-order valence-electron chi connectivity index (χ0n) is 12.6. The summed E-state index contributed by atoms with van der Waals surface area (Å²) in [7, 11) is 0. The Labute approximate surface area is 129 Å². The smallest absolute Gasteiger partial charge is 0.358 e. The van der Waals surface area contributed by atoms with Gasteiger partial charge in [-0.15, -0.1) is 0 Å². The number of hydrogen-bond acceptors (Lipinski definition) is 6. The minimum Gasteiger partial charge on any atom is -0.476 e. The minimum absolute atomic E-state index is 0.0208. The molecule has 2 saturated heterocycles. The van der Waals surface area contributed by atoms with Crippen LogP contribution < -0.4 is 4.90 Å². The predicted octanol–water partition coefficient (Wildman–Crippen LogP) is 0.602. The van der Waals surface area contributed by atoms with Crippen LogP contribution in [0.2, 0.25) is 0 Å². The number of aromatic carboxylic acids is 1. The number of hydrogen-bond donors (Lipinski definition) is 2. The van der Waals surface area contributed by atoms with E-state index in [0.29, 0.717) is 38.3 Å². The molecule has 7 nitrogen and oxygen atoms in total. The zero-order valence-corrected chi connectivity index (χ0v) is 12.6. The largest absolute Gasteiger partial charge is 0.476 e. The first-order chi connectivity index (χ1) is 10.6. The van der Waals surface area contributed by atoms with Crippen molar-refractivity contribution in [3.05, 3.63) is 18.1 Å². The maximum Gasteiger partial charge on any atom is 0.358 e. The van der Waals surface area contributed by atoms with Gasteiger partial charge in [-0.25, -0.2) is 14.8 Å². The molecule has 1 aromatic rings. The fourth-order valence-electron chi connectivity index (χ4n) is 3.36. The van der Waals surface area contributed by atoms with E-state index in [2.05, 4.69) is 14.9 Å². The summed E-state index contributed by atoms with van der Waals surface area (Å²) in [5.41, 5.74) is -0.695. The number of piperidine rings is 1. The number of carbonyl (C=O) groups is 1. The molecule has 0 saturated carbocycles. The lowest BCUT2D eigenvalue weighted by atomic mass is 9.90. The van der Waals surface area contributed by atoms with E-state index in [9.17, 15) is 15.0 Å². The van der Waals surface area contributed by atoms with Gasteiger partial charge in [0, 0.05) is 32.0 Å². The van der Waals surface area contributed by atoms with Gasteiger partial charge in [-0.1, -0.05) is 0 Å². The normalized spacial score (nSPS) is 22.0. The SMILES string of the molecule is O=C(O)c1nccnc1N1CCC(O)(CN2CCCC2)CC1. The van der Waals surface area contributed by atoms with Crippen molar-refractivity contribution in [2.45, 2.75) is 31.3 Å². The third-order valence-corrected chi connectivity index (χ3v) is 4.59. The molecule has 0 radical (unpaired) electrons. The number of aromatic nitrogens is 2. The van der Waals surface area contributed by atoms with Crippen molar-refractivity contribution in [3.8, 4) is 0 Å². The molecule has 7 heteroatoms. The van der Waals surface area contributed by atoms with E-state index in [1.807, 2.05) is 4.90 Å². The molecule has 0 spiro atoms. The lowest BCUT2D eigenvalue weighted by Gasteiger charge is -2.40. The molecule has 3 rings (SSSR count). The average Bonchev–Trinajstić information content (AvgIpc) is 3.00. The van der Waals surface area contributed by atoms with E-state index in [0.717, 1.165) is 13.1 Å². The Morgan fingerprint density at radius 2 is 1.77 bits per heavy atom. The number of carboxylic acid groups (broad SMARTS) is 1. The van der Waals surface area contributed by atoms with Crippen molar-refractivity contribution in [2.24, 2.45) is 0 Å². The highest BCUT2D eigenvalue weighted by Crippen LogP contribution is 2.28. The lowest BCUT2D eigenvalue weighted by molar-refractivity contribution is -0.0112. The Bertz CT molecular complexity index is 537. The molecule has 1 aromatic heterocycles. The molecule has 0 bridgehead atoms. The number of β-amino-alcohol motifs (C(OH)–C–C–N with tert-alkyl or cyclic N) is 1. The summed E-state index contributed by atoms with van der Waals surface area (Å²) in [5, 5.41) is 20.0. The maximum absolute atomic E-state index is 11.2. The third kappa shape index (κ3) is 3.20. The van der Waals surface area contributed by atoms with E-state index >= 15 is 0 Å². The summed E-state index contributed by atoms with van der Waals surface area (Å²) < 4.78 is 0. The second kappa shape index (κ2) is 6.18. The second-order valence-corrected chi connectivity index (χ2v) is 6.23. The van der Waals surface area contributed by atoms with Gasteiger partial charge in [-0.3, -0.25) is 0 Å². The summed E-state index contributed by atoms with van der Waals surface area (Å²) in [6.45, 7) is 4.05. The highest BCUT2D eigenvalue weighted by molar-refractivity contribution is 5.90. The van der Waals surface area contributed by atoms with Crippen molar-refractivity contribution in [1.29, 1.82) is 0 Å². The Hall–Kier alpha value is -1.73. The Morgan fingerprint density at radius 1 is 1.14 bits per heavy atom. The summed E-state index contributed by atoms with van der Waals surface area (Å²) in [4.78, 5) is 23.5. The summed E-state index contributed by atoms with van der Waals surface area (Å²) in [6.07, 6.45) is 6.57. The van der Waals surface area contributed by atoms with Gasteiger partial charge >= 0.3 is 5.97 Å². The highest BCUT2D eigenvalue weighted by Gasteiger charge is 2.36. The van der Waals surface area contributed by atoms with E-state index in [1.54, 1.807) is 0 Å². The number of likely N-dealkylation sites (tertiary alicyclic amines) is 1. The van der Waals surface area contributed by atoms with Crippen LogP contribution in [0.15, 0.2) is 12.4 Å². The molecular weight excluding hydrogens is 284 g/mol. The van der Waals surface area contributed by atoms with Gasteiger partial charge in [0.2, 0.25) is 0 Å². The Morgan fingerprint density at radius 3 is 2.41 bits per heavy atom. The molecule has 3 heterocycles.